The van der Waals surface area contributed by atoms with Crippen LogP contribution < -0.4 is 43.8 Å². The van der Waals surface area contributed by atoms with Crippen molar-refractivity contribution in [3.8, 4) is 0 Å². The number of anilines is 5. The van der Waals surface area contributed by atoms with Crippen LogP contribution in [0.4, 0.5) is 29.2 Å². The summed E-state index contributed by atoms with van der Waals surface area (Å²) in [6.45, 7) is 2.25. The van der Waals surface area contributed by atoms with Gasteiger partial charge in [-0.05, 0) is 37.1 Å². The zero-order valence-electron chi connectivity index (χ0n) is 17.0. The van der Waals surface area contributed by atoms with Gasteiger partial charge >= 0.3 is 0 Å². The van der Waals surface area contributed by atoms with E-state index in [4.69, 9.17) is 33.7 Å². The number of nitrogens with one attached hydrogen (secondary N) is 1. The van der Waals surface area contributed by atoms with Crippen molar-refractivity contribution in [1.29, 1.82) is 0 Å². The minimum atomic E-state index is 0.0317. The lowest BCUT2D eigenvalue weighted by Gasteiger charge is -2.27. The Morgan fingerprint density at radius 2 is 1.33 bits per heavy atom. The highest BCUT2D eigenvalue weighted by atomic mass is 15.4. The zero-order valence-corrected chi connectivity index (χ0v) is 17.0. The van der Waals surface area contributed by atoms with Crippen LogP contribution in [0.3, 0.4) is 0 Å². The van der Waals surface area contributed by atoms with Gasteiger partial charge in [-0.15, -0.1) is 0 Å². The lowest BCUT2D eigenvalue weighted by atomic mass is 10.2. The molecular formula is C19H31N11. The number of nitrogens with two attached hydrogens (primary N) is 5. The van der Waals surface area contributed by atoms with E-state index in [0.29, 0.717) is 49.7 Å². The number of nitrogens with zero attached hydrogens (tertiary/aromatic N) is 5. The lowest BCUT2D eigenvalue weighted by molar-refractivity contribution is 0.635. The van der Waals surface area contributed by atoms with Crippen molar-refractivity contribution in [2.45, 2.75) is 37.0 Å². The topological polar surface area (TPSA) is 187 Å². The molecule has 0 aliphatic carbocycles. The molecule has 162 valence electrons. The van der Waals surface area contributed by atoms with Crippen LogP contribution in [0.2, 0.25) is 0 Å². The largest absolute Gasteiger partial charge is 0.399 e. The number of nitrogen functional groups attached to an aromatic ring is 1. The third-order valence-corrected chi connectivity index (χ3v) is 5.73. The third kappa shape index (κ3) is 4.24. The maximum absolute atomic E-state index is 6.19. The summed E-state index contributed by atoms with van der Waals surface area (Å²) in [5.41, 5.74) is 31.6. The summed E-state index contributed by atoms with van der Waals surface area (Å²) in [5, 5.41) is 3.25. The van der Waals surface area contributed by atoms with Crippen molar-refractivity contribution in [2.75, 3.05) is 47.0 Å². The molecule has 0 bridgehead atoms. The van der Waals surface area contributed by atoms with Crippen LogP contribution >= 0.6 is 0 Å². The first-order valence-corrected chi connectivity index (χ1v) is 10.3. The normalized spacial score (nSPS) is 26.4. The van der Waals surface area contributed by atoms with Crippen molar-refractivity contribution < 1.29 is 0 Å². The van der Waals surface area contributed by atoms with E-state index in [9.17, 15) is 0 Å². The molecule has 2 aliphatic heterocycles. The molecule has 2 saturated heterocycles. The van der Waals surface area contributed by atoms with Crippen molar-refractivity contribution in [3.63, 3.8) is 0 Å². The number of aromatic nitrogens is 3. The average Bonchev–Trinajstić information content (AvgIpc) is 3.31. The quantitative estimate of drug-likeness (QED) is 0.316. The molecule has 2 aromatic rings. The van der Waals surface area contributed by atoms with Gasteiger partial charge in [-0.3, -0.25) is 0 Å². The first-order valence-electron chi connectivity index (χ1n) is 10.3. The number of hydrogen-bond acceptors (Lipinski definition) is 11. The molecule has 3 heterocycles. The molecule has 4 rings (SSSR count). The van der Waals surface area contributed by atoms with E-state index >= 15 is 0 Å². The number of rotatable bonds is 6. The smallest absolute Gasteiger partial charge is 0.233 e. The molecule has 30 heavy (non-hydrogen) atoms. The van der Waals surface area contributed by atoms with Crippen molar-refractivity contribution in [2.24, 2.45) is 22.9 Å². The van der Waals surface area contributed by atoms with Crippen LogP contribution in [0.15, 0.2) is 24.3 Å². The van der Waals surface area contributed by atoms with E-state index in [1.165, 1.54) is 0 Å². The standard InChI is InChI=1S/C19H31N11/c20-7-15-5-12(23)9-29(15)18-26-17(25-14-3-1-11(22)2-4-14)27-19(28-18)30-10-13(24)6-16(30)8-21/h1-4,12-13,15-16H,5-10,20-24H2,(H,25,26,27,28)/t12-,13-,15-,16-/m0/s1. The Morgan fingerprint density at radius 1 is 0.833 bits per heavy atom. The molecule has 11 nitrogen and oxygen atoms in total. The molecule has 0 saturated carbocycles. The highest BCUT2D eigenvalue weighted by Gasteiger charge is 2.34. The van der Waals surface area contributed by atoms with Crippen LogP contribution in [0.1, 0.15) is 12.8 Å². The van der Waals surface area contributed by atoms with Crippen LogP contribution in [0.25, 0.3) is 0 Å². The van der Waals surface area contributed by atoms with Crippen LogP contribution in [0, 0.1) is 0 Å². The monoisotopic (exact) mass is 413 g/mol. The maximum Gasteiger partial charge on any atom is 0.233 e. The Labute approximate surface area is 176 Å². The molecule has 11 N–H and O–H groups in total. The summed E-state index contributed by atoms with van der Waals surface area (Å²) in [5.74, 6) is 1.54. The van der Waals surface area contributed by atoms with E-state index in [2.05, 4.69) is 25.1 Å². The predicted octanol–water partition coefficient (Wildman–Crippen LogP) is -1.07. The first kappa shape index (κ1) is 20.5. The predicted molar refractivity (Wildman–Crippen MR) is 120 cm³/mol. The molecule has 0 unspecified atom stereocenters. The summed E-state index contributed by atoms with van der Waals surface area (Å²) in [6.07, 6.45) is 1.61. The minimum Gasteiger partial charge on any atom is -0.399 e. The summed E-state index contributed by atoms with van der Waals surface area (Å²) in [7, 11) is 0. The summed E-state index contributed by atoms with van der Waals surface area (Å²) >= 11 is 0. The Bertz CT molecular complexity index is 814. The Balaban J connectivity index is 1.71. The Morgan fingerprint density at radius 3 is 1.80 bits per heavy atom. The van der Waals surface area contributed by atoms with Gasteiger partial charge < -0.3 is 43.8 Å². The fourth-order valence-electron chi connectivity index (χ4n) is 4.20. The van der Waals surface area contributed by atoms with Gasteiger partial charge in [0, 0.05) is 61.7 Å². The lowest BCUT2D eigenvalue weighted by Crippen LogP contribution is -2.39. The molecule has 2 aliphatic rings. The molecule has 0 amide bonds. The van der Waals surface area contributed by atoms with Crippen LogP contribution in [0.5, 0.6) is 0 Å². The molecule has 11 heteroatoms. The van der Waals surface area contributed by atoms with Gasteiger partial charge in [-0.1, -0.05) is 0 Å². The van der Waals surface area contributed by atoms with E-state index in [1.807, 2.05) is 24.3 Å². The molecule has 4 atom stereocenters. The van der Waals surface area contributed by atoms with E-state index < -0.39 is 0 Å². The number of benzene rings is 1. The molecular weight excluding hydrogens is 382 g/mol. The summed E-state index contributed by atoms with van der Waals surface area (Å²) in [4.78, 5) is 18.2. The van der Waals surface area contributed by atoms with Gasteiger partial charge in [0.15, 0.2) is 0 Å². The Kier molecular flexibility index (Phi) is 5.86. The fraction of sp³-hybridized carbons (Fsp3) is 0.526. The summed E-state index contributed by atoms with van der Waals surface area (Å²) < 4.78 is 0. The molecule has 0 radical (unpaired) electrons. The first-order chi connectivity index (χ1) is 14.5. The van der Waals surface area contributed by atoms with Gasteiger partial charge in [0.2, 0.25) is 17.8 Å². The zero-order chi connectivity index (χ0) is 21.3. The third-order valence-electron chi connectivity index (χ3n) is 5.73. The van der Waals surface area contributed by atoms with Gasteiger partial charge in [0.05, 0.1) is 0 Å². The van der Waals surface area contributed by atoms with Gasteiger partial charge in [0.1, 0.15) is 0 Å². The molecule has 2 fully saturated rings. The second kappa shape index (κ2) is 8.56. The molecule has 0 spiro atoms. The van der Waals surface area contributed by atoms with E-state index in [0.717, 1.165) is 18.5 Å². The van der Waals surface area contributed by atoms with E-state index in [1.54, 1.807) is 0 Å². The van der Waals surface area contributed by atoms with Crippen molar-refractivity contribution in [1.82, 2.24) is 15.0 Å². The van der Waals surface area contributed by atoms with Crippen molar-refractivity contribution >= 4 is 29.2 Å². The second-order valence-electron chi connectivity index (χ2n) is 8.08. The second-order valence-corrected chi connectivity index (χ2v) is 8.08. The van der Waals surface area contributed by atoms with Gasteiger partial charge in [0.25, 0.3) is 0 Å². The van der Waals surface area contributed by atoms with Crippen LogP contribution in [-0.2, 0) is 0 Å². The number of hydrogen-bond donors (Lipinski definition) is 6. The minimum absolute atomic E-state index is 0.0317. The van der Waals surface area contributed by atoms with Crippen LogP contribution in [-0.4, -0.2) is 65.3 Å². The fourth-order valence-corrected chi connectivity index (χ4v) is 4.20. The molecule has 1 aromatic heterocycles. The highest BCUT2D eigenvalue weighted by molar-refractivity contribution is 5.59. The van der Waals surface area contributed by atoms with Gasteiger partial charge in [-0.2, -0.15) is 15.0 Å². The highest BCUT2D eigenvalue weighted by Crippen LogP contribution is 2.28. The maximum atomic E-state index is 6.19. The van der Waals surface area contributed by atoms with Gasteiger partial charge in [-0.25, -0.2) is 0 Å². The average molecular weight is 414 g/mol. The SMILES string of the molecule is NC[C@@H]1C[C@H](N)CN1c1nc(Nc2ccc(N)cc2)nc(N2C[C@@H](N)C[C@H]2CN)n1. The molecule has 1 aromatic carbocycles. The Hall–Kier alpha value is -2.73. The van der Waals surface area contributed by atoms with Crippen molar-refractivity contribution in [3.05, 3.63) is 24.3 Å². The van der Waals surface area contributed by atoms with E-state index in [-0.39, 0.29) is 24.2 Å². The summed E-state index contributed by atoms with van der Waals surface area (Å²) in [6, 6.07) is 7.63.